The van der Waals surface area contributed by atoms with Gasteiger partial charge in [0, 0.05) is 24.2 Å². The topological polar surface area (TPSA) is 95.6 Å². The Hall–Kier alpha value is -2.71. The summed E-state index contributed by atoms with van der Waals surface area (Å²) < 4.78 is 26.5. The quantitative estimate of drug-likeness (QED) is 0.750. The zero-order valence-electron chi connectivity index (χ0n) is 15.6. The molecule has 2 aromatic carbocycles. The van der Waals surface area contributed by atoms with Crippen molar-refractivity contribution in [2.45, 2.75) is 31.1 Å². The molecule has 1 aliphatic heterocycles. The molecule has 1 saturated heterocycles. The number of carbonyl (C=O) groups is 2. The largest absolute Gasteiger partial charge is 0.269 e. The van der Waals surface area contributed by atoms with Crippen LogP contribution < -0.4 is 10.9 Å². The van der Waals surface area contributed by atoms with E-state index in [1.165, 1.54) is 28.6 Å². The molecule has 0 saturated carbocycles. The average molecular weight is 401 g/mol. The van der Waals surface area contributed by atoms with Gasteiger partial charge in [0.2, 0.25) is 10.0 Å². The lowest BCUT2D eigenvalue weighted by molar-refractivity contribution is 0.0846. The van der Waals surface area contributed by atoms with E-state index in [1.807, 2.05) is 19.1 Å². The van der Waals surface area contributed by atoms with Crippen molar-refractivity contribution < 1.29 is 18.0 Å². The van der Waals surface area contributed by atoms with E-state index in [2.05, 4.69) is 10.9 Å². The van der Waals surface area contributed by atoms with Crippen molar-refractivity contribution in [2.24, 2.45) is 0 Å². The molecule has 148 valence electrons. The molecule has 2 amide bonds. The van der Waals surface area contributed by atoms with E-state index in [1.54, 1.807) is 12.1 Å². The molecule has 2 N–H and O–H groups in total. The number of amides is 2. The summed E-state index contributed by atoms with van der Waals surface area (Å²) in [7, 11) is -3.52. The summed E-state index contributed by atoms with van der Waals surface area (Å²) in [5.41, 5.74) is 6.50. The van der Waals surface area contributed by atoms with Gasteiger partial charge in [0.15, 0.2) is 0 Å². The van der Waals surface area contributed by atoms with Gasteiger partial charge in [-0.1, -0.05) is 19.1 Å². The number of benzene rings is 2. The van der Waals surface area contributed by atoms with Crippen molar-refractivity contribution in [2.75, 3.05) is 13.1 Å². The Bertz CT molecular complexity index is 948. The first-order chi connectivity index (χ1) is 13.4. The van der Waals surface area contributed by atoms with Gasteiger partial charge in [-0.25, -0.2) is 8.42 Å². The Morgan fingerprint density at radius 2 is 1.32 bits per heavy atom. The van der Waals surface area contributed by atoms with Gasteiger partial charge in [-0.2, -0.15) is 4.31 Å². The van der Waals surface area contributed by atoms with Gasteiger partial charge in [0.1, 0.15) is 0 Å². The molecule has 1 aliphatic rings. The van der Waals surface area contributed by atoms with E-state index in [0.717, 1.165) is 24.8 Å². The third kappa shape index (κ3) is 4.40. The highest BCUT2D eigenvalue weighted by atomic mass is 32.2. The van der Waals surface area contributed by atoms with Crippen LogP contribution in [0.1, 0.15) is 46.0 Å². The second-order valence-corrected chi connectivity index (χ2v) is 8.53. The molecule has 1 fully saturated rings. The summed E-state index contributed by atoms with van der Waals surface area (Å²) in [4.78, 5) is 24.5. The molecule has 7 nitrogen and oxygen atoms in total. The molecule has 0 atom stereocenters. The van der Waals surface area contributed by atoms with Gasteiger partial charge in [-0.05, 0) is 61.2 Å². The zero-order chi connectivity index (χ0) is 20.1. The number of sulfonamides is 1. The van der Waals surface area contributed by atoms with Crippen LogP contribution >= 0.6 is 0 Å². The highest BCUT2D eigenvalue weighted by Gasteiger charge is 2.27. The highest BCUT2D eigenvalue weighted by molar-refractivity contribution is 7.89. The van der Waals surface area contributed by atoms with Crippen molar-refractivity contribution in [1.82, 2.24) is 15.2 Å². The van der Waals surface area contributed by atoms with Crippen LogP contribution in [0.5, 0.6) is 0 Å². The van der Waals surface area contributed by atoms with Gasteiger partial charge < -0.3 is 0 Å². The lowest BCUT2D eigenvalue weighted by Crippen LogP contribution is -2.41. The van der Waals surface area contributed by atoms with Crippen LogP contribution in [0.25, 0.3) is 0 Å². The molecule has 8 heteroatoms. The summed E-state index contributed by atoms with van der Waals surface area (Å²) in [6, 6.07) is 12.8. The van der Waals surface area contributed by atoms with Crippen molar-refractivity contribution in [3.8, 4) is 0 Å². The van der Waals surface area contributed by atoms with E-state index >= 15 is 0 Å². The molecule has 0 radical (unpaired) electrons. The van der Waals surface area contributed by atoms with Gasteiger partial charge in [0.05, 0.1) is 4.90 Å². The number of hydrogen-bond acceptors (Lipinski definition) is 4. The van der Waals surface area contributed by atoms with Crippen molar-refractivity contribution in [1.29, 1.82) is 0 Å². The van der Waals surface area contributed by atoms with Gasteiger partial charge in [0.25, 0.3) is 11.8 Å². The van der Waals surface area contributed by atoms with E-state index in [9.17, 15) is 18.0 Å². The van der Waals surface area contributed by atoms with Crippen molar-refractivity contribution in [3.63, 3.8) is 0 Å². The average Bonchev–Trinajstić information content (AvgIpc) is 3.28. The number of carbonyl (C=O) groups excluding carboxylic acids is 2. The molecule has 1 heterocycles. The summed E-state index contributed by atoms with van der Waals surface area (Å²) >= 11 is 0. The van der Waals surface area contributed by atoms with Crippen molar-refractivity contribution >= 4 is 21.8 Å². The Balaban J connectivity index is 1.60. The fourth-order valence-electron chi connectivity index (χ4n) is 3.01. The molecule has 0 spiro atoms. The normalized spacial score (nSPS) is 14.6. The van der Waals surface area contributed by atoms with E-state index in [0.29, 0.717) is 18.7 Å². The SMILES string of the molecule is CCc1ccc(C(=O)NNC(=O)c2ccc(S(=O)(=O)N3CCCC3)cc2)cc1. The second kappa shape index (κ2) is 8.53. The summed E-state index contributed by atoms with van der Waals surface area (Å²) in [5, 5.41) is 0. The van der Waals surface area contributed by atoms with E-state index in [-0.39, 0.29) is 10.5 Å². The molecule has 2 aromatic rings. The third-order valence-corrected chi connectivity index (χ3v) is 6.65. The van der Waals surface area contributed by atoms with Gasteiger partial charge >= 0.3 is 0 Å². The first-order valence-corrected chi connectivity index (χ1v) is 10.7. The maximum absolute atomic E-state index is 12.5. The number of hydrogen-bond donors (Lipinski definition) is 2. The third-order valence-electron chi connectivity index (χ3n) is 4.73. The highest BCUT2D eigenvalue weighted by Crippen LogP contribution is 2.21. The monoisotopic (exact) mass is 401 g/mol. The van der Waals surface area contributed by atoms with Crippen LogP contribution in [0.4, 0.5) is 0 Å². The van der Waals surface area contributed by atoms with Crippen LogP contribution in [0.2, 0.25) is 0 Å². The summed E-state index contributed by atoms with van der Waals surface area (Å²) in [5.74, 6) is -0.951. The lowest BCUT2D eigenvalue weighted by atomic mass is 10.1. The first kappa shape index (κ1) is 20.0. The lowest BCUT2D eigenvalue weighted by Gasteiger charge is -2.15. The van der Waals surface area contributed by atoms with Crippen LogP contribution in [-0.4, -0.2) is 37.6 Å². The predicted molar refractivity (Wildman–Crippen MR) is 105 cm³/mol. The number of rotatable bonds is 5. The van der Waals surface area contributed by atoms with Gasteiger partial charge in [-0.3, -0.25) is 20.4 Å². The van der Waals surface area contributed by atoms with E-state index < -0.39 is 21.8 Å². The number of nitrogens with zero attached hydrogens (tertiary/aromatic N) is 1. The molecule has 3 rings (SSSR count). The number of nitrogens with one attached hydrogen (secondary N) is 2. The summed E-state index contributed by atoms with van der Waals surface area (Å²) in [6.07, 6.45) is 2.60. The minimum atomic E-state index is -3.52. The van der Waals surface area contributed by atoms with Crippen LogP contribution in [0.3, 0.4) is 0 Å². The van der Waals surface area contributed by atoms with Gasteiger partial charge in [-0.15, -0.1) is 0 Å². The molecule has 0 aliphatic carbocycles. The molecule has 0 unspecified atom stereocenters. The molecule has 0 aromatic heterocycles. The number of hydrazine groups is 1. The molecular formula is C20H23N3O4S. The van der Waals surface area contributed by atoms with Crippen LogP contribution in [0, 0.1) is 0 Å². The zero-order valence-corrected chi connectivity index (χ0v) is 16.5. The smallest absolute Gasteiger partial charge is 0.267 e. The first-order valence-electron chi connectivity index (χ1n) is 9.21. The Kier molecular flexibility index (Phi) is 6.11. The fourth-order valence-corrected chi connectivity index (χ4v) is 4.52. The van der Waals surface area contributed by atoms with E-state index in [4.69, 9.17) is 0 Å². The molecule has 28 heavy (non-hydrogen) atoms. The minimum Gasteiger partial charge on any atom is -0.267 e. The van der Waals surface area contributed by atoms with Crippen LogP contribution in [0.15, 0.2) is 53.4 Å². The Morgan fingerprint density at radius 1 is 0.857 bits per heavy atom. The minimum absolute atomic E-state index is 0.158. The molecule has 0 bridgehead atoms. The number of aryl methyl sites for hydroxylation is 1. The van der Waals surface area contributed by atoms with Crippen LogP contribution in [-0.2, 0) is 16.4 Å². The van der Waals surface area contributed by atoms with Crippen molar-refractivity contribution in [3.05, 3.63) is 65.2 Å². The summed E-state index contributed by atoms with van der Waals surface area (Å²) in [6.45, 7) is 3.07. The fraction of sp³-hybridized carbons (Fsp3) is 0.300. The standard InChI is InChI=1S/C20H23N3O4S/c1-2-15-5-7-16(8-6-15)19(24)21-22-20(25)17-9-11-18(12-10-17)28(26,27)23-13-3-4-14-23/h5-12H,2-4,13-14H2,1H3,(H,21,24)(H,22,25). The Labute approximate surface area is 164 Å². The second-order valence-electron chi connectivity index (χ2n) is 6.59. The Morgan fingerprint density at radius 3 is 1.79 bits per heavy atom. The predicted octanol–water partition coefficient (Wildman–Crippen LogP) is 2.11. The molecular weight excluding hydrogens is 378 g/mol. The maximum atomic E-state index is 12.5. The maximum Gasteiger partial charge on any atom is 0.269 e.